The number of nitrogens with zero attached hydrogens (tertiary/aromatic N) is 2. The van der Waals surface area contributed by atoms with Crippen molar-refractivity contribution in [2.75, 3.05) is 13.1 Å². The summed E-state index contributed by atoms with van der Waals surface area (Å²) < 4.78 is 31.7. The van der Waals surface area contributed by atoms with Crippen molar-refractivity contribution in [3.05, 3.63) is 77.5 Å². The second-order valence-electron chi connectivity index (χ2n) is 12.6. The minimum absolute atomic E-state index is 0.171. The van der Waals surface area contributed by atoms with Crippen LogP contribution in [0.1, 0.15) is 129 Å². The van der Waals surface area contributed by atoms with Crippen molar-refractivity contribution in [2.24, 2.45) is 5.92 Å². The fourth-order valence-corrected chi connectivity index (χ4v) is 8.98. The smallest absolute Gasteiger partial charge is 0.163 e. The van der Waals surface area contributed by atoms with Crippen LogP contribution in [0, 0.1) is 24.5 Å². The van der Waals surface area contributed by atoms with Crippen LogP contribution in [0.4, 0.5) is 8.78 Å². The van der Waals surface area contributed by atoms with E-state index < -0.39 is 21.0 Å². The number of allylic oxidation sites excluding steroid dienone is 1. The lowest BCUT2D eigenvalue weighted by molar-refractivity contribution is 0.180. The molecule has 2 fully saturated rings. The van der Waals surface area contributed by atoms with Crippen LogP contribution in [0.15, 0.2) is 59.6 Å². The van der Waals surface area contributed by atoms with Gasteiger partial charge in [0.25, 0.3) is 0 Å². The quantitative estimate of drug-likeness (QED) is 0.228. The molecule has 0 bridgehead atoms. The molecule has 44 heavy (non-hydrogen) atoms. The monoisotopic (exact) mass is 628 g/mol. The van der Waals surface area contributed by atoms with Crippen molar-refractivity contribution in [2.45, 2.75) is 136 Å². The highest BCUT2D eigenvalue weighted by atomic mass is 32.2. The Labute approximate surface area is 270 Å². The SMILES string of the molecule is C=C(CC[C@H]1CCC[C@@H](c2cccc(F)c2F)N1S(=C)(=C)c1ccc(C)cc1)N(CCC)CCC.CC.CC1CCCCC1. The highest BCUT2D eigenvalue weighted by Gasteiger charge is 2.36. The van der Waals surface area contributed by atoms with Crippen LogP contribution in [0.5, 0.6) is 0 Å². The van der Waals surface area contributed by atoms with Gasteiger partial charge in [-0.3, -0.25) is 0 Å². The van der Waals surface area contributed by atoms with E-state index in [1.165, 1.54) is 43.7 Å². The number of benzene rings is 2. The first kappa shape index (κ1) is 38.1. The van der Waals surface area contributed by atoms with Gasteiger partial charge in [-0.15, -0.1) is 9.39 Å². The third-order valence-corrected chi connectivity index (χ3v) is 11.5. The summed E-state index contributed by atoms with van der Waals surface area (Å²) in [6.07, 6.45) is 14.1. The topological polar surface area (TPSA) is 6.48 Å². The molecule has 1 saturated heterocycles. The van der Waals surface area contributed by atoms with Crippen molar-refractivity contribution in [1.82, 2.24) is 9.21 Å². The van der Waals surface area contributed by atoms with Crippen molar-refractivity contribution in [3.63, 3.8) is 0 Å². The van der Waals surface area contributed by atoms with E-state index in [-0.39, 0.29) is 12.1 Å². The molecule has 2 aromatic carbocycles. The summed E-state index contributed by atoms with van der Waals surface area (Å²) in [4.78, 5) is 3.46. The zero-order chi connectivity index (χ0) is 32.7. The summed E-state index contributed by atoms with van der Waals surface area (Å²) >= 11 is 0. The Balaban J connectivity index is 0.000000649. The normalized spacial score (nSPS) is 19.3. The lowest BCUT2D eigenvalue weighted by atomic mass is 9.90. The fraction of sp³-hybridized carbons (Fsp3) is 0.590. The lowest BCUT2D eigenvalue weighted by Crippen LogP contribution is -2.40. The van der Waals surface area contributed by atoms with E-state index in [1.807, 2.05) is 13.8 Å². The van der Waals surface area contributed by atoms with Crippen LogP contribution in [-0.4, -0.2) is 40.1 Å². The zero-order valence-electron chi connectivity index (χ0n) is 28.9. The van der Waals surface area contributed by atoms with Crippen LogP contribution in [0.2, 0.25) is 0 Å². The maximum atomic E-state index is 15.1. The van der Waals surface area contributed by atoms with Gasteiger partial charge >= 0.3 is 0 Å². The number of hydrogen-bond donors (Lipinski definition) is 0. The Bertz CT molecular complexity index is 1210. The molecule has 1 aliphatic heterocycles. The number of halogens is 2. The molecule has 2 aromatic rings. The molecular weight excluding hydrogens is 567 g/mol. The lowest BCUT2D eigenvalue weighted by Gasteiger charge is -2.47. The van der Waals surface area contributed by atoms with Crippen molar-refractivity contribution < 1.29 is 8.78 Å². The molecule has 1 saturated carbocycles. The Morgan fingerprint density at radius 2 is 1.50 bits per heavy atom. The summed E-state index contributed by atoms with van der Waals surface area (Å²) in [7, 11) is -1.94. The highest BCUT2D eigenvalue weighted by molar-refractivity contribution is 8.25. The van der Waals surface area contributed by atoms with Gasteiger partial charge in [-0.25, -0.2) is 13.1 Å². The Morgan fingerprint density at radius 1 is 0.886 bits per heavy atom. The second kappa shape index (κ2) is 19.4. The molecule has 0 amide bonds. The Kier molecular flexibility index (Phi) is 16.8. The fourth-order valence-electron chi connectivity index (χ4n) is 6.61. The predicted molar refractivity (Wildman–Crippen MR) is 194 cm³/mol. The first-order valence-electron chi connectivity index (χ1n) is 17.3. The maximum absolute atomic E-state index is 15.1. The van der Waals surface area contributed by atoms with E-state index in [4.69, 9.17) is 0 Å². The van der Waals surface area contributed by atoms with Crippen molar-refractivity contribution in [3.8, 4) is 0 Å². The molecule has 1 heterocycles. The minimum Gasteiger partial charge on any atom is -0.375 e. The predicted octanol–water partition coefficient (Wildman–Crippen LogP) is 11.8. The van der Waals surface area contributed by atoms with Crippen molar-refractivity contribution in [1.29, 1.82) is 0 Å². The Morgan fingerprint density at radius 3 is 2.05 bits per heavy atom. The van der Waals surface area contributed by atoms with Crippen LogP contribution < -0.4 is 0 Å². The van der Waals surface area contributed by atoms with Gasteiger partial charge in [0.05, 0.1) is 0 Å². The molecule has 2 atom stereocenters. The maximum Gasteiger partial charge on any atom is 0.163 e. The third kappa shape index (κ3) is 10.8. The standard InChI is InChI=1S/C30H42F2N2S.C7H14.C2H6/c1-7-21-33(22-8-2)24(4)17-18-25-11-9-14-29(27-12-10-13-28(31)30(27)32)34(25)35(5,6)26-19-15-23(3)16-20-26;1-7-5-3-2-4-6-7;1-2/h10,12-13,15-16,19-20,25,29H,4-9,11,14,17-18,21-22H2,1-3H3;7H,2-6H2,1H3;1-2H3/t25-,29+;;/m1../s1. The van der Waals surface area contributed by atoms with Gasteiger partial charge in [0.2, 0.25) is 0 Å². The van der Waals surface area contributed by atoms with Crippen LogP contribution in [0.25, 0.3) is 0 Å². The van der Waals surface area contributed by atoms with E-state index in [2.05, 4.69) is 79.5 Å². The summed E-state index contributed by atoms with van der Waals surface area (Å²) in [5, 5.41) is 0. The van der Waals surface area contributed by atoms with Crippen LogP contribution in [-0.2, 0) is 0 Å². The largest absolute Gasteiger partial charge is 0.375 e. The average Bonchev–Trinajstić information content (AvgIpc) is 3.03. The summed E-state index contributed by atoms with van der Waals surface area (Å²) in [6, 6.07) is 12.8. The molecule has 2 aliphatic rings. The summed E-state index contributed by atoms with van der Waals surface area (Å²) in [6.45, 7) is 19.3. The Hall–Kier alpha value is -2.11. The third-order valence-electron chi connectivity index (χ3n) is 8.98. The van der Waals surface area contributed by atoms with Gasteiger partial charge in [0, 0.05) is 41.3 Å². The highest BCUT2D eigenvalue weighted by Crippen LogP contribution is 2.50. The molecule has 248 valence electrons. The molecule has 0 spiro atoms. The molecule has 4 rings (SSSR count). The van der Waals surface area contributed by atoms with Gasteiger partial charge in [0.1, 0.15) is 0 Å². The molecule has 1 aliphatic carbocycles. The number of piperidine rings is 1. The van der Waals surface area contributed by atoms with Gasteiger partial charge in [-0.05, 0) is 76.0 Å². The molecule has 0 N–H and O–H groups in total. The first-order chi connectivity index (χ1) is 21.1. The van der Waals surface area contributed by atoms with Gasteiger partial charge in [-0.1, -0.05) is 115 Å². The van der Waals surface area contributed by atoms with E-state index in [0.717, 1.165) is 74.5 Å². The number of rotatable bonds is 11. The van der Waals surface area contributed by atoms with E-state index >= 15 is 4.39 Å². The molecule has 5 heteroatoms. The minimum atomic E-state index is -1.94. The van der Waals surface area contributed by atoms with E-state index in [1.54, 1.807) is 12.1 Å². The van der Waals surface area contributed by atoms with Gasteiger partial charge in [-0.2, -0.15) is 0 Å². The van der Waals surface area contributed by atoms with E-state index in [0.29, 0.717) is 5.56 Å². The number of hydrogen-bond acceptors (Lipinski definition) is 2. The molecule has 0 unspecified atom stereocenters. The van der Waals surface area contributed by atoms with Crippen LogP contribution >= 0.6 is 9.39 Å². The van der Waals surface area contributed by atoms with Crippen LogP contribution in [0.3, 0.4) is 0 Å². The molecular formula is C39H62F2N2S. The first-order valence-corrected chi connectivity index (χ1v) is 19.2. The van der Waals surface area contributed by atoms with Gasteiger partial charge in [0.15, 0.2) is 11.6 Å². The molecule has 0 radical (unpaired) electrons. The summed E-state index contributed by atoms with van der Waals surface area (Å²) in [5.41, 5.74) is 2.76. The molecule has 0 aromatic heterocycles. The molecule has 2 nitrogen and oxygen atoms in total. The summed E-state index contributed by atoms with van der Waals surface area (Å²) in [5.74, 6) is 8.78. The number of aryl methyl sites for hydroxylation is 1. The second-order valence-corrected chi connectivity index (χ2v) is 15.2. The zero-order valence-corrected chi connectivity index (χ0v) is 29.7. The van der Waals surface area contributed by atoms with Gasteiger partial charge < -0.3 is 4.90 Å². The van der Waals surface area contributed by atoms with Crippen molar-refractivity contribution >= 4 is 21.1 Å². The van der Waals surface area contributed by atoms with E-state index in [9.17, 15) is 4.39 Å². The average molecular weight is 629 g/mol.